The molecule has 0 spiro atoms. The molecule has 1 fully saturated rings. The van der Waals surface area contributed by atoms with Crippen LogP contribution in [0.4, 0.5) is 18.9 Å². The standard InChI is InChI=1S/C15H20ClF3N2/c1-2-5-21-6-3-13(4-7-21)20-14-9-11(15(17,18)19)8-12(16)10-14/h8-10,13,20H,2-7H2,1H3. The van der Waals surface area contributed by atoms with Gasteiger partial charge in [0.1, 0.15) is 0 Å². The Balaban J connectivity index is 1.99. The fraction of sp³-hybridized carbons (Fsp3) is 0.600. The van der Waals surface area contributed by atoms with Crippen molar-refractivity contribution in [3.05, 3.63) is 28.8 Å². The zero-order valence-corrected chi connectivity index (χ0v) is 12.8. The van der Waals surface area contributed by atoms with E-state index in [0.717, 1.165) is 51.0 Å². The maximum Gasteiger partial charge on any atom is 0.416 e. The van der Waals surface area contributed by atoms with Gasteiger partial charge in [0.2, 0.25) is 0 Å². The highest BCUT2D eigenvalue weighted by Crippen LogP contribution is 2.33. The van der Waals surface area contributed by atoms with E-state index in [-0.39, 0.29) is 11.1 Å². The lowest BCUT2D eigenvalue weighted by Gasteiger charge is -2.32. The first-order valence-corrected chi connectivity index (χ1v) is 7.63. The number of likely N-dealkylation sites (tertiary alicyclic amines) is 1. The van der Waals surface area contributed by atoms with Crippen molar-refractivity contribution in [3.8, 4) is 0 Å². The van der Waals surface area contributed by atoms with Crippen molar-refractivity contribution in [1.82, 2.24) is 4.90 Å². The minimum atomic E-state index is -4.37. The first-order valence-electron chi connectivity index (χ1n) is 7.25. The Bertz CT molecular complexity index is 468. The van der Waals surface area contributed by atoms with Crippen LogP contribution in [0.3, 0.4) is 0 Å². The maximum atomic E-state index is 12.8. The third-order valence-corrected chi connectivity index (χ3v) is 3.94. The second-order valence-corrected chi connectivity index (χ2v) is 5.92. The van der Waals surface area contributed by atoms with Crippen LogP contribution in [0.15, 0.2) is 18.2 Å². The molecule has 118 valence electrons. The van der Waals surface area contributed by atoms with Gasteiger partial charge in [-0.15, -0.1) is 0 Å². The summed E-state index contributed by atoms with van der Waals surface area (Å²) in [5, 5.41) is 3.29. The van der Waals surface area contributed by atoms with Crippen LogP contribution < -0.4 is 5.32 Å². The number of halogens is 4. The molecule has 0 saturated carbocycles. The van der Waals surface area contributed by atoms with E-state index in [2.05, 4.69) is 17.1 Å². The van der Waals surface area contributed by atoms with E-state index in [1.165, 1.54) is 0 Å². The Morgan fingerprint density at radius 2 is 1.90 bits per heavy atom. The van der Waals surface area contributed by atoms with Gasteiger partial charge >= 0.3 is 6.18 Å². The van der Waals surface area contributed by atoms with Gasteiger partial charge in [-0.2, -0.15) is 13.2 Å². The summed E-state index contributed by atoms with van der Waals surface area (Å²) in [5.41, 5.74) is -0.260. The van der Waals surface area contributed by atoms with Gasteiger partial charge < -0.3 is 10.2 Å². The monoisotopic (exact) mass is 320 g/mol. The molecule has 1 N–H and O–H groups in total. The Labute approximate surface area is 128 Å². The van der Waals surface area contributed by atoms with Crippen LogP contribution in [0.2, 0.25) is 5.02 Å². The Kier molecular flexibility index (Phi) is 5.38. The number of alkyl halides is 3. The molecule has 1 heterocycles. The first kappa shape index (κ1) is 16.4. The molecular weight excluding hydrogens is 301 g/mol. The molecular formula is C15H20ClF3N2. The van der Waals surface area contributed by atoms with Gasteiger partial charge in [-0.05, 0) is 44.0 Å². The summed E-state index contributed by atoms with van der Waals surface area (Å²) in [7, 11) is 0. The molecule has 1 aromatic carbocycles. The molecule has 0 bridgehead atoms. The quantitative estimate of drug-likeness (QED) is 0.869. The molecule has 6 heteroatoms. The number of rotatable bonds is 4. The van der Waals surface area contributed by atoms with E-state index in [0.29, 0.717) is 5.69 Å². The average Bonchev–Trinajstić information content (AvgIpc) is 2.40. The van der Waals surface area contributed by atoms with Crippen molar-refractivity contribution in [2.75, 3.05) is 25.0 Å². The molecule has 0 atom stereocenters. The van der Waals surface area contributed by atoms with Gasteiger partial charge in [0.25, 0.3) is 0 Å². The van der Waals surface area contributed by atoms with Crippen LogP contribution >= 0.6 is 11.6 Å². The summed E-state index contributed by atoms with van der Waals surface area (Å²) in [4.78, 5) is 2.39. The van der Waals surface area contributed by atoms with Crippen molar-refractivity contribution in [2.45, 2.75) is 38.4 Å². The van der Waals surface area contributed by atoms with Crippen molar-refractivity contribution in [1.29, 1.82) is 0 Å². The Morgan fingerprint density at radius 1 is 1.24 bits per heavy atom. The predicted molar refractivity (Wildman–Crippen MR) is 79.8 cm³/mol. The first-order chi connectivity index (χ1) is 9.88. The van der Waals surface area contributed by atoms with Crippen molar-refractivity contribution < 1.29 is 13.2 Å². The topological polar surface area (TPSA) is 15.3 Å². The third-order valence-electron chi connectivity index (χ3n) is 3.72. The second-order valence-electron chi connectivity index (χ2n) is 5.49. The van der Waals surface area contributed by atoms with Gasteiger partial charge in [0.05, 0.1) is 5.56 Å². The summed E-state index contributed by atoms with van der Waals surface area (Å²) in [6.45, 7) is 5.20. The van der Waals surface area contributed by atoms with E-state index in [9.17, 15) is 13.2 Å². The van der Waals surface area contributed by atoms with Crippen LogP contribution in [0.5, 0.6) is 0 Å². The number of benzene rings is 1. The molecule has 1 aliphatic rings. The maximum absolute atomic E-state index is 12.8. The van der Waals surface area contributed by atoms with Crippen LogP contribution in [0, 0.1) is 0 Å². The van der Waals surface area contributed by atoms with E-state index in [1.807, 2.05) is 0 Å². The predicted octanol–water partition coefficient (Wildman–Crippen LogP) is 4.65. The van der Waals surface area contributed by atoms with Crippen molar-refractivity contribution in [3.63, 3.8) is 0 Å². The molecule has 1 aromatic rings. The van der Waals surface area contributed by atoms with Crippen LogP contribution in [0.1, 0.15) is 31.7 Å². The van der Waals surface area contributed by atoms with Gasteiger partial charge in [-0.25, -0.2) is 0 Å². The number of anilines is 1. The highest BCUT2D eigenvalue weighted by Gasteiger charge is 2.31. The zero-order chi connectivity index (χ0) is 15.5. The molecule has 2 nitrogen and oxygen atoms in total. The number of nitrogens with zero attached hydrogens (tertiary/aromatic N) is 1. The SMILES string of the molecule is CCCN1CCC(Nc2cc(Cl)cc(C(F)(F)F)c2)CC1. The normalized spacial score (nSPS) is 18.0. The largest absolute Gasteiger partial charge is 0.416 e. The van der Waals surface area contributed by atoms with Gasteiger partial charge in [0.15, 0.2) is 0 Å². The number of nitrogens with one attached hydrogen (secondary N) is 1. The minimum absolute atomic E-state index is 0.107. The van der Waals surface area contributed by atoms with E-state index in [1.54, 1.807) is 6.07 Å². The Hall–Kier alpha value is -0.940. The molecule has 0 aromatic heterocycles. The molecule has 2 rings (SSSR count). The number of hydrogen-bond acceptors (Lipinski definition) is 2. The van der Waals surface area contributed by atoms with Crippen LogP contribution in [-0.2, 0) is 6.18 Å². The Morgan fingerprint density at radius 3 is 2.48 bits per heavy atom. The lowest BCUT2D eigenvalue weighted by Crippen LogP contribution is -2.39. The lowest BCUT2D eigenvalue weighted by atomic mass is 10.0. The highest BCUT2D eigenvalue weighted by atomic mass is 35.5. The van der Waals surface area contributed by atoms with Crippen LogP contribution in [-0.4, -0.2) is 30.6 Å². The minimum Gasteiger partial charge on any atom is -0.382 e. The molecule has 21 heavy (non-hydrogen) atoms. The smallest absolute Gasteiger partial charge is 0.382 e. The van der Waals surface area contributed by atoms with E-state index < -0.39 is 11.7 Å². The average molecular weight is 321 g/mol. The van der Waals surface area contributed by atoms with Gasteiger partial charge in [-0.1, -0.05) is 18.5 Å². The summed E-state index contributed by atoms with van der Waals surface area (Å²) in [6, 6.07) is 3.84. The van der Waals surface area contributed by atoms with Crippen molar-refractivity contribution >= 4 is 17.3 Å². The van der Waals surface area contributed by atoms with E-state index >= 15 is 0 Å². The summed E-state index contributed by atoms with van der Waals surface area (Å²) in [5.74, 6) is 0. The molecule has 0 aliphatic carbocycles. The molecule has 0 unspecified atom stereocenters. The lowest BCUT2D eigenvalue weighted by molar-refractivity contribution is -0.137. The molecule has 1 aliphatic heterocycles. The second kappa shape index (κ2) is 6.88. The van der Waals surface area contributed by atoms with Crippen molar-refractivity contribution in [2.24, 2.45) is 0 Å². The fourth-order valence-electron chi connectivity index (χ4n) is 2.69. The van der Waals surface area contributed by atoms with Gasteiger partial charge in [-0.3, -0.25) is 0 Å². The third kappa shape index (κ3) is 4.78. The molecule has 0 radical (unpaired) electrons. The van der Waals surface area contributed by atoms with Gasteiger partial charge in [0, 0.05) is 29.8 Å². The zero-order valence-electron chi connectivity index (χ0n) is 12.0. The molecule has 1 saturated heterocycles. The highest BCUT2D eigenvalue weighted by molar-refractivity contribution is 6.30. The fourth-order valence-corrected chi connectivity index (χ4v) is 2.92. The summed E-state index contributed by atoms with van der Waals surface area (Å²) >= 11 is 5.79. The number of hydrogen-bond donors (Lipinski definition) is 1. The number of piperidine rings is 1. The van der Waals surface area contributed by atoms with E-state index in [4.69, 9.17) is 11.6 Å². The van der Waals surface area contributed by atoms with Crippen LogP contribution in [0.25, 0.3) is 0 Å². The summed E-state index contributed by atoms with van der Waals surface area (Å²) in [6.07, 6.45) is -1.37. The summed E-state index contributed by atoms with van der Waals surface area (Å²) < 4.78 is 38.3. The molecule has 0 amide bonds.